The van der Waals surface area contributed by atoms with Crippen molar-refractivity contribution in [3.63, 3.8) is 0 Å². The van der Waals surface area contributed by atoms with Gasteiger partial charge in [-0.25, -0.2) is 4.79 Å². The number of hydrogen-bond acceptors (Lipinski definition) is 1. The number of rotatable bonds is 4. The quantitative estimate of drug-likeness (QED) is 0.782. The van der Waals surface area contributed by atoms with Gasteiger partial charge in [0.15, 0.2) is 0 Å². The molecule has 0 atom stereocenters. The molecule has 2 rings (SSSR count). The van der Waals surface area contributed by atoms with Crippen molar-refractivity contribution in [2.24, 2.45) is 5.41 Å². The van der Waals surface area contributed by atoms with Crippen molar-refractivity contribution in [2.75, 3.05) is 5.33 Å². The second-order valence-electron chi connectivity index (χ2n) is 5.20. The Balaban J connectivity index is 2.19. The van der Waals surface area contributed by atoms with Crippen LogP contribution < -0.4 is 5.69 Å². The third-order valence-electron chi connectivity index (χ3n) is 3.63. The Morgan fingerprint density at radius 3 is 2.50 bits per heavy atom. The molecule has 0 amide bonds. The molecule has 1 aliphatic carbocycles. The fourth-order valence-electron chi connectivity index (χ4n) is 2.31. The Kier molecular flexibility index (Phi) is 3.29. The van der Waals surface area contributed by atoms with E-state index < -0.39 is 0 Å². The van der Waals surface area contributed by atoms with Crippen LogP contribution in [0.5, 0.6) is 0 Å². The van der Waals surface area contributed by atoms with Crippen LogP contribution in [0.25, 0.3) is 0 Å². The molecule has 1 aliphatic rings. The normalized spacial score (nSPS) is 18.8. The molecule has 0 spiro atoms. The standard InChI is InChI=1S/C12H19BrN2O/c1-10(2)15-7-6-14(11(15)16)9-12(8-13)4-3-5-12/h6-7,10H,3-5,8-9H2,1-2H3. The highest BCUT2D eigenvalue weighted by atomic mass is 79.9. The van der Waals surface area contributed by atoms with Crippen LogP contribution in [-0.2, 0) is 6.54 Å². The fourth-order valence-corrected chi connectivity index (χ4v) is 3.05. The SMILES string of the molecule is CC(C)n1ccn(CC2(CBr)CCC2)c1=O. The van der Waals surface area contributed by atoms with E-state index in [9.17, 15) is 4.79 Å². The maximum Gasteiger partial charge on any atom is 0.328 e. The number of hydrogen-bond donors (Lipinski definition) is 0. The van der Waals surface area contributed by atoms with Crippen LogP contribution in [0.15, 0.2) is 17.2 Å². The van der Waals surface area contributed by atoms with E-state index in [4.69, 9.17) is 0 Å². The van der Waals surface area contributed by atoms with E-state index in [0.29, 0.717) is 5.41 Å². The zero-order chi connectivity index (χ0) is 11.8. The molecule has 1 heterocycles. The summed E-state index contributed by atoms with van der Waals surface area (Å²) in [5.41, 5.74) is 0.453. The third-order valence-corrected chi connectivity index (χ3v) is 4.82. The molecular formula is C12H19BrN2O. The number of aromatic nitrogens is 2. The molecule has 90 valence electrons. The van der Waals surface area contributed by atoms with Crippen LogP contribution >= 0.6 is 15.9 Å². The van der Waals surface area contributed by atoms with E-state index in [0.717, 1.165) is 11.9 Å². The topological polar surface area (TPSA) is 26.9 Å². The average molecular weight is 287 g/mol. The summed E-state index contributed by atoms with van der Waals surface area (Å²) in [5, 5.41) is 0.999. The van der Waals surface area contributed by atoms with Gasteiger partial charge in [0, 0.05) is 30.3 Å². The summed E-state index contributed by atoms with van der Waals surface area (Å²) in [4.78, 5) is 12.1. The van der Waals surface area contributed by atoms with Crippen LogP contribution in [-0.4, -0.2) is 14.5 Å². The zero-order valence-corrected chi connectivity index (χ0v) is 11.5. The highest BCUT2D eigenvalue weighted by Crippen LogP contribution is 2.43. The predicted molar refractivity (Wildman–Crippen MR) is 69.2 cm³/mol. The van der Waals surface area contributed by atoms with Crippen LogP contribution in [0.4, 0.5) is 0 Å². The number of alkyl halides is 1. The molecule has 1 aromatic rings. The maximum atomic E-state index is 12.1. The largest absolute Gasteiger partial charge is 0.328 e. The van der Waals surface area contributed by atoms with Crippen molar-refractivity contribution in [1.82, 2.24) is 9.13 Å². The minimum atomic E-state index is 0.127. The lowest BCUT2D eigenvalue weighted by atomic mass is 9.70. The van der Waals surface area contributed by atoms with E-state index in [2.05, 4.69) is 15.9 Å². The summed E-state index contributed by atoms with van der Waals surface area (Å²) >= 11 is 3.58. The van der Waals surface area contributed by atoms with Gasteiger partial charge in [-0.1, -0.05) is 22.4 Å². The zero-order valence-electron chi connectivity index (χ0n) is 9.95. The molecule has 0 aliphatic heterocycles. The molecule has 1 saturated carbocycles. The summed E-state index contributed by atoms with van der Waals surface area (Å²) in [7, 11) is 0. The second-order valence-corrected chi connectivity index (χ2v) is 5.76. The van der Waals surface area contributed by atoms with Crippen LogP contribution in [0, 0.1) is 5.41 Å². The van der Waals surface area contributed by atoms with Crippen LogP contribution in [0.3, 0.4) is 0 Å². The number of halogens is 1. The first-order valence-corrected chi connectivity index (χ1v) is 7.03. The highest BCUT2D eigenvalue weighted by molar-refractivity contribution is 9.09. The predicted octanol–water partition coefficient (Wildman–Crippen LogP) is 2.80. The Morgan fingerprint density at radius 1 is 1.44 bits per heavy atom. The van der Waals surface area contributed by atoms with E-state index >= 15 is 0 Å². The first kappa shape index (κ1) is 12.0. The summed E-state index contributed by atoms with van der Waals surface area (Å²) in [6.45, 7) is 4.93. The fraction of sp³-hybridized carbons (Fsp3) is 0.750. The molecule has 0 bridgehead atoms. The van der Waals surface area contributed by atoms with Crippen molar-refractivity contribution >= 4 is 15.9 Å². The van der Waals surface area contributed by atoms with Gasteiger partial charge in [-0.3, -0.25) is 9.13 Å². The van der Waals surface area contributed by atoms with E-state index in [1.54, 1.807) is 4.57 Å². The molecule has 4 heteroatoms. The molecule has 0 saturated heterocycles. The summed E-state index contributed by atoms with van der Waals surface area (Å²) in [6, 6.07) is 0.245. The minimum Gasteiger partial charge on any atom is -0.299 e. The van der Waals surface area contributed by atoms with Gasteiger partial charge in [-0.15, -0.1) is 0 Å². The number of imidazole rings is 1. The maximum absolute atomic E-state index is 12.1. The van der Waals surface area contributed by atoms with Gasteiger partial charge < -0.3 is 0 Å². The van der Waals surface area contributed by atoms with Crippen molar-refractivity contribution in [1.29, 1.82) is 0 Å². The average Bonchev–Trinajstić information content (AvgIpc) is 2.54. The minimum absolute atomic E-state index is 0.127. The summed E-state index contributed by atoms with van der Waals surface area (Å²) in [6.07, 6.45) is 7.58. The molecule has 3 nitrogen and oxygen atoms in total. The van der Waals surface area contributed by atoms with E-state index in [1.807, 2.05) is 30.8 Å². The van der Waals surface area contributed by atoms with Gasteiger partial charge in [0.2, 0.25) is 0 Å². The molecule has 0 radical (unpaired) electrons. The molecule has 0 aromatic carbocycles. The second kappa shape index (κ2) is 4.40. The smallest absolute Gasteiger partial charge is 0.299 e. The van der Waals surface area contributed by atoms with Crippen LogP contribution in [0.2, 0.25) is 0 Å². The van der Waals surface area contributed by atoms with E-state index in [-0.39, 0.29) is 11.7 Å². The Hall–Kier alpha value is -0.510. The van der Waals surface area contributed by atoms with Crippen molar-refractivity contribution < 1.29 is 0 Å². The Bertz CT molecular complexity index is 409. The lowest BCUT2D eigenvalue weighted by molar-refractivity contribution is 0.138. The first-order valence-electron chi connectivity index (χ1n) is 5.91. The van der Waals surface area contributed by atoms with Crippen molar-refractivity contribution in [2.45, 2.75) is 45.7 Å². The van der Waals surface area contributed by atoms with Crippen molar-refractivity contribution in [3.8, 4) is 0 Å². The monoisotopic (exact) mass is 286 g/mol. The van der Waals surface area contributed by atoms with Gasteiger partial charge in [0.25, 0.3) is 0 Å². The molecular weight excluding hydrogens is 268 g/mol. The van der Waals surface area contributed by atoms with Crippen LogP contribution in [0.1, 0.15) is 39.2 Å². The molecule has 1 fully saturated rings. The summed E-state index contributed by atoms with van der Waals surface area (Å²) < 4.78 is 3.65. The molecule has 0 N–H and O–H groups in total. The van der Waals surface area contributed by atoms with Gasteiger partial charge in [0.05, 0.1) is 0 Å². The van der Waals surface area contributed by atoms with E-state index in [1.165, 1.54) is 19.3 Å². The van der Waals surface area contributed by atoms with Gasteiger partial charge in [0.1, 0.15) is 0 Å². The molecule has 0 unspecified atom stereocenters. The Morgan fingerprint density at radius 2 is 2.12 bits per heavy atom. The highest BCUT2D eigenvalue weighted by Gasteiger charge is 2.36. The Labute approximate surface area is 105 Å². The number of nitrogens with zero attached hydrogens (tertiary/aromatic N) is 2. The third kappa shape index (κ3) is 1.99. The summed E-state index contributed by atoms with van der Waals surface area (Å²) in [5.74, 6) is 0. The first-order chi connectivity index (χ1) is 7.58. The lowest BCUT2D eigenvalue weighted by Crippen LogP contribution is -2.39. The van der Waals surface area contributed by atoms with Gasteiger partial charge in [-0.2, -0.15) is 0 Å². The van der Waals surface area contributed by atoms with Gasteiger partial charge >= 0.3 is 5.69 Å². The molecule has 16 heavy (non-hydrogen) atoms. The van der Waals surface area contributed by atoms with Crippen molar-refractivity contribution in [3.05, 3.63) is 22.9 Å². The lowest BCUT2D eigenvalue weighted by Gasteiger charge is -2.40. The molecule has 1 aromatic heterocycles. The van der Waals surface area contributed by atoms with Gasteiger partial charge in [-0.05, 0) is 32.1 Å².